The molecule has 0 saturated carbocycles. The fraction of sp³-hybridized carbons (Fsp3) is 0.389. The zero-order valence-electron chi connectivity index (χ0n) is 14.4. The van der Waals surface area contributed by atoms with Crippen molar-refractivity contribution in [1.29, 1.82) is 0 Å². The Bertz CT molecular complexity index is 763. The van der Waals surface area contributed by atoms with Gasteiger partial charge >= 0.3 is 0 Å². The molecule has 0 spiro atoms. The maximum absolute atomic E-state index is 13.2. The zero-order chi connectivity index (χ0) is 18.0. The lowest BCUT2D eigenvalue weighted by Gasteiger charge is -2.26. The number of carbonyl (C=O) groups is 1. The summed E-state index contributed by atoms with van der Waals surface area (Å²) in [6, 6.07) is 6.24. The maximum Gasteiger partial charge on any atom is 0.236 e. The molecule has 7 heteroatoms. The standard InChI is InChI=1S/C18H22FN5O/c1-23(2)16(25)11-24-9-3-4-15(24)17-14(10-21-18(20)22-17)12-5-7-13(19)8-6-12/h5-8,10,15H,3-4,9,11H2,1-2H3,(H2,20,21,22). The summed E-state index contributed by atoms with van der Waals surface area (Å²) in [5, 5.41) is 0. The van der Waals surface area contributed by atoms with Crippen molar-refractivity contribution in [3.05, 3.63) is 42.0 Å². The van der Waals surface area contributed by atoms with E-state index < -0.39 is 0 Å². The van der Waals surface area contributed by atoms with Crippen molar-refractivity contribution in [2.75, 3.05) is 32.9 Å². The van der Waals surface area contributed by atoms with Crippen LogP contribution >= 0.6 is 0 Å². The maximum atomic E-state index is 13.2. The van der Waals surface area contributed by atoms with Crippen molar-refractivity contribution in [3.63, 3.8) is 0 Å². The molecule has 0 bridgehead atoms. The number of benzene rings is 1. The first kappa shape index (κ1) is 17.3. The molecule has 1 aliphatic rings. The number of nitrogen functional groups attached to an aromatic ring is 1. The number of aromatic nitrogens is 2. The number of anilines is 1. The van der Waals surface area contributed by atoms with Gasteiger partial charge in [-0.2, -0.15) is 0 Å². The Labute approximate surface area is 146 Å². The van der Waals surface area contributed by atoms with E-state index in [1.807, 2.05) is 0 Å². The highest BCUT2D eigenvalue weighted by Crippen LogP contribution is 2.36. The van der Waals surface area contributed by atoms with E-state index in [1.165, 1.54) is 12.1 Å². The van der Waals surface area contributed by atoms with Crippen molar-refractivity contribution < 1.29 is 9.18 Å². The van der Waals surface area contributed by atoms with Crippen molar-refractivity contribution in [3.8, 4) is 11.1 Å². The average molecular weight is 343 g/mol. The third-order valence-electron chi connectivity index (χ3n) is 4.51. The van der Waals surface area contributed by atoms with Gasteiger partial charge in [0.2, 0.25) is 11.9 Å². The second-order valence-electron chi connectivity index (χ2n) is 6.45. The number of hydrogen-bond acceptors (Lipinski definition) is 5. The van der Waals surface area contributed by atoms with Gasteiger partial charge in [0.05, 0.1) is 18.3 Å². The number of likely N-dealkylation sites (tertiary alicyclic amines) is 1. The van der Waals surface area contributed by atoms with Crippen molar-refractivity contribution in [2.24, 2.45) is 0 Å². The van der Waals surface area contributed by atoms with Gasteiger partial charge in [0.1, 0.15) is 5.82 Å². The summed E-state index contributed by atoms with van der Waals surface area (Å²) in [4.78, 5) is 24.4. The molecule has 1 aliphatic heterocycles. The van der Waals surface area contributed by atoms with Gasteiger partial charge in [-0.25, -0.2) is 14.4 Å². The summed E-state index contributed by atoms with van der Waals surface area (Å²) in [6.07, 6.45) is 3.55. The molecule has 1 saturated heterocycles. The van der Waals surface area contributed by atoms with Crippen LogP contribution in [0.3, 0.4) is 0 Å². The van der Waals surface area contributed by atoms with Gasteiger partial charge in [-0.05, 0) is 37.1 Å². The number of rotatable bonds is 4. The zero-order valence-corrected chi connectivity index (χ0v) is 14.4. The quantitative estimate of drug-likeness (QED) is 0.920. The molecule has 1 atom stereocenters. The third kappa shape index (κ3) is 3.76. The fourth-order valence-electron chi connectivity index (χ4n) is 3.16. The van der Waals surface area contributed by atoms with Gasteiger partial charge < -0.3 is 10.6 Å². The first-order chi connectivity index (χ1) is 12.0. The number of carbonyl (C=O) groups excluding carboxylic acids is 1. The second-order valence-corrected chi connectivity index (χ2v) is 6.45. The summed E-state index contributed by atoms with van der Waals surface area (Å²) in [5.41, 5.74) is 8.27. The Morgan fingerprint density at radius 2 is 2.08 bits per heavy atom. The second kappa shape index (κ2) is 7.14. The van der Waals surface area contributed by atoms with Crippen molar-refractivity contribution in [2.45, 2.75) is 18.9 Å². The van der Waals surface area contributed by atoms with Crippen LogP contribution in [0.5, 0.6) is 0 Å². The van der Waals surface area contributed by atoms with E-state index in [4.69, 9.17) is 5.73 Å². The number of nitrogens with zero attached hydrogens (tertiary/aromatic N) is 4. The molecule has 0 radical (unpaired) electrons. The minimum Gasteiger partial charge on any atom is -0.368 e. The molecule has 1 aromatic heterocycles. The number of hydrogen-bond donors (Lipinski definition) is 1. The van der Waals surface area contributed by atoms with Gasteiger partial charge in [-0.15, -0.1) is 0 Å². The van der Waals surface area contributed by atoms with Crippen LogP contribution in [0.4, 0.5) is 10.3 Å². The van der Waals surface area contributed by atoms with E-state index in [9.17, 15) is 9.18 Å². The lowest BCUT2D eigenvalue weighted by atomic mass is 10.00. The summed E-state index contributed by atoms with van der Waals surface area (Å²) in [7, 11) is 3.50. The highest BCUT2D eigenvalue weighted by Gasteiger charge is 2.31. The molecule has 3 rings (SSSR count). The largest absolute Gasteiger partial charge is 0.368 e. The molecule has 2 heterocycles. The predicted molar refractivity (Wildman–Crippen MR) is 94.1 cm³/mol. The van der Waals surface area contributed by atoms with Crippen LogP contribution in [0.2, 0.25) is 0 Å². The Kier molecular flexibility index (Phi) is 4.94. The molecule has 1 aromatic carbocycles. The Balaban J connectivity index is 1.96. The Morgan fingerprint density at radius 3 is 2.76 bits per heavy atom. The minimum atomic E-state index is -0.291. The topological polar surface area (TPSA) is 75.4 Å². The number of likely N-dealkylation sites (N-methyl/N-ethyl adjacent to an activating group) is 1. The smallest absolute Gasteiger partial charge is 0.236 e. The molecular formula is C18H22FN5O. The molecule has 1 unspecified atom stereocenters. The summed E-state index contributed by atoms with van der Waals surface area (Å²) in [5.74, 6) is -0.0374. The number of amides is 1. The monoisotopic (exact) mass is 343 g/mol. The SMILES string of the molecule is CN(C)C(=O)CN1CCCC1c1nc(N)ncc1-c1ccc(F)cc1. The lowest BCUT2D eigenvalue weighted by molar-refractivity contribution is -0.130. The molecule has 6 nitrogen and oxygen atoms in total. The highest BCUT2D eigenvalue weighted by atomic mass is 19.1. The molecule has 1 fully saturated rings. The van der Waals surface area contributed by atoms with Gasteiger partial charge in [-0.1, -0.05) is 12.1 Å². The Hall–Kier alpha value is -2.54. The summed E-state index contributed by atoms with van der Waals surface area (Å²) < 4.78 is 13.2. The van der Waals surface area contributed by atoms with Crippen molar-refractivity contribution in [1.82, 2.24) is 19.8 Å². The van der Waals surface area contributed by atoms with Crippen molar-refractivity contribution >= 4 is 11.9 Å². The van der Waals surface area contributed by atoms with Crippen LogP contribution in [0.1, 0.15) is 24.6 Å². The molecule has 2 N–H and O–H groups in total. The average Bonchev–Trinajstić information content (AvgIpc) is 3.03. The van der Waals surface area contributed by atoms with Gasteiger partial charge in [-0.3, -0.25) is 9.69 Å². The van der Waals surface area contributed by atoms with Gasteiger partial charge in [0.15, 0.2) is 0 Å². The first-order valence-electron chi connectivity index (χ1n) is 8.28. The first-order valence-corrected chi connectivity index (χ1v) is 8.28. The predicted octanol–water partition coefficient (Wildman–Crippen LogP) is 2.09. The molecule has 25 heavy (non-hydrogen) atoms. The Morgan fingerprint density at radius 1 is 1.36 bits per heavy atom. The van der Waals surface area contributed by atoms with Crippen LogP contribution in [0.15, 0.2) is 30.5 Å². The minimum absolute atomic E-state index is 0.00532. The van der Waals surface area contributed by atoms with E-state index in [0.717, 1.165) is 36.2 Å². The molecule has 0 aliphatic carbocycles. The summed E-state index contributed by atoms with van der Waals surface area (Å²) in [6.45, 7) is 1.17. The van der Waals surface area contributed by atoms with E-state index >= 15 is 0 Å². The molecule has 132 valence electrons. The van der Waals surface area contributed by atoms with Gasteiger partial charge in [0, 0.05) is 25.9 Å². The fourth-order valence-corrected chi connectivity index (χ4v) is 3.16. The highest BCUT2D eigenvalue weighted by molar-refractivity contribution is 5.77. The number of nitrogens with two attached hydrogens (primary N) is 1. The van der Waals surface area contributed by atoms with Crippen LogP contribution in [-0.2, 0) is 4.79 Å². The normalized spacial score (nSPS) is 17.6. The molecule has 1 amide bonds. The van der Waals surface area contributed by atoms with Crippen LogP contribution in [-0.4, -0.2) is 52.9 Å². The van der Waals surface area contributed by atoms with E-state index in [0.29, 0.717) is 6.54 Å². The third-order valence-corrected chi connectivity index (χ3v) is 4.51. The number of halogens is 1. The molecular weight excluding hydrogens is 321 g/mol. The lowest BCUT2D eigenvalue weighted by Crippen LogP contribution is -2.36. The van der Waals surface area contributed by atoms with Crippen LogP contribution in [0, 0.1) is 5.82 Å². The van der Waals surface area contributed by atoms with E-state index in [2.05, 4.69) is 14.9 Å². The summed E-state index contributed by atoms with van der Waals surface area (Å²) >= 11 is 0. The van der Waals surface area contributed by atoms with Crippen LogP contribution in [0.25, 0.3) is 11.1 Å². The van der Waals surface area contributed by atoms with Gasteiger partial charge in [0.25, 0.3) is 0 Å². The van der Waals surface area contributed by atoms with E-state index in [1.54, 1.807) is 37.3 Å². The van der Waals surface area contributed by atoms with Crippen LogP contribution < -0.4 is 5.73 Å². The van der Waals surface area contributed by atoms with E-state index in [-0.39, 0.29) is 23.7 Å². The molecule has 2 aromatic rings.